The first kappa shape index (κ1) is 18.5. The van der Waals surface area contributed by atoms with Gasteiger partial charge in [-0.05, 0) is 29.8 Å². The number of aromatic carboxylic acids is 1. The van der Waals surface area contributed by atoms with Gasteiger partial charge in [0.25, 0.3) is 5.91 Å². The van der Waals surface area contributed by atoms with Crippen molar-refractivity contribution >= 4 is 61.2 Å². The molecule has 0 bridgehead atoms. The van der Waals surface area contributed by atoms with Gasteiger partial charge in [-0.25, -0.2) is 4.79 Å². The lowest BCUT2D eigenvalue weighted by Gasteiger charge is -2.05. The molecule has 0 saturated carbocycles. The second-order valence-electron chi connectivity index (χ2n) is 5.90. The average Bonchev–Trinajstić information content (AvgIpc) is 3.24. The zero-order chi connectivity index (χ0) is 19.8. The summed E-state index contributed by atoms with van der Waals surface area (Å²) in [4.78, 5) is 24.7. The molecule has 140 valence electrons. The van der Waals surface area contributed by atoms with Gasteiger partial charge >= 0.3 is 5.97 Å². The number of anilines is 1. The van der Waals surface area contributed by atoms with Crippen LogP contribution in [0.1, 0.15) is 20.0 Å². The standard InChI is InChI=1S/C20H12ClNO4S2/c21-11-7-5-10(6-8-11)13-9-27-19(15(13)20(25)26)22-18(24)17-16(23)12-3-1-2-4-14(12)28-17/h1-9,23H,(H,22,24)(H,25,26). The van der Waals surface area contributed by atoms with Crippen LogP contribution in [0.3, 0.4) is 0 Å². The Morgan fingerprint density at radius 3 is 2.43 bits per heavy atom. The molecular weight excluding hydrogens is 418 g/mol. The third-order valence-corrected chi connectivity index (χ3v) is 6.47. The minimum absolute atomic E-state index is 0.00118. The van der Waals surface area contributed by atoms with E-state index in [1.165, 1.54) is 0 Å². The maximum atomic E-state index is 12.7. The Morgan fingerprint density at radius 1 is 1.04 bits per heavy atom. The highest BCUT2D eigenvalue weighted by Crippen LogP contribution is 2.39. The van der Waals surface area contributed by atoms with E-state index in [-0.39, 0.29) is 21.2 Å². The van der Waals surface area contributed by atoms with Crippen LogP contribution in [-0.4, -0.2) is 22.1 Å². The van der Waals surface area contributed by atoms with E-state index in [9.17, 15) is 19.8 Å². The van der Waals surface area contributed by atoms with Crippen LogP contribution >= 0.6 is 34.3 Å². The fraction of sp³-hybridized carbons (Fsp3) is 0. The van der Waals surface area contributed by atoms with Gasteiger partial charge < -0.3 is 15.5 Å². The lowest BCUT2D eigenvalue weighted by atomic mass is 10.0. The van der Waals surface area contributed by atoms with Crippen LogP contribution in [0.15, 0.2) is 53.9 Å². The fourth-order valence-electron chi connectivity index (χ4n) is 2.85. The molecule has 28 heavy (non-hydrogen) atoms. The molecule has 3 N–H and O–H groups in total. The van der Waals surface area contributed by atoms with Gasteiger partial charge in [0.15, 0.2) is 0 Å². The Hall–Kier alpha value is -2.87. The van der Waals surface area contributed by atoms with E-state index in [1.54, 1.807) is 41.8 Å². The molecule has 2 aromatic heterocycles. The van der Waals surface area contributed by atoms with Crippen LogP contribution in [0, 0.1) is 0 Å². The summed E-state index contributed by atoms with van der Waals surface area (Å²) in [5.74, 6) is -1.81. The van der Waals surface area contributed by atoms with Crippen molar-refractivity contribution in [1.82, 2.24) is 0 Å². The largest absolute Gasteiger partial charge is 0.506 e. The smallest absolute Gasteiger partial charge is 0.339 e. The molecule has 1 amide bonds. The minimum atomic E-state index is -1.15. The number of amides is 1. The number of nitrogens with one attached hydrogen (secondary N) is 1. The number of carbonyl (C=O) groups excluding carboxylic acids is 1. The Kier molecular flexibility index (Phi) is 4.80. The molecule has 0 fully saturated rings. The molecule has 4 rings (SSSR count). The van der Waals surface area contributed by atoms with E-state index < -0.39 is 11.9 Å². The second kappa shape index (κ2) is 7.27. The predicted molar refractivity (Wildman–Crippen MR) is 113 cm³/mol. The van der Waals surface area contributed by atoms with Crippen LogP contribution in [-0.2, 0) is 0 Å². The normalized spacial score (nSPS) is 10.9. The summed E-state index contributed by atoms with van der Waals surface area (Å²) in [6.45, 7) is 0. The number of rotatable bonds is 4. The monoisotopic (exact) mass is 429 g/mol. The minimum Gasteiger partial charge on any atom is -0.506 e. The maximum absolute atomic E-state index is 12.7. The fourth-order valence-corrected chi connectivity index (χ4v) is 4.92. The van der Waals surface area contributed by atoms with E-state index in [2.05, 4.69) is 5.32 Å². The van der Waals surface area contributed by atoms with Crippen LogP contribution in [0.4, 0.5) is 5.00 Å². The molecule has 0 aliphatic carbocycles. The number of carboxylic acid groups (broad SMARTS) is 1. The Bertz CT molecular complexity index is 1210. The first-order valence-electron chi connectivity index (χ1n) is 8.08. The third kappa shape index (κ3) is 3.24. The lowest BCUT2D eigenvalue weighted by molar-refractivity contribution is 0.0699. The molecule has 0 saturated heterocycles. The summed E-state index contributed by atoms with van der Waals surface area (Å²) in [6.07, 6.45) is 0. The van der Waals surface area contributed by atoms with E-state index in [4.69, 9.17) is 11.6 Å². The first-order valence-corrected chi connectivity index (χ1v) is 10.2. The van der Waals surface area contributed by atoms with Crippen LogP contribution in [0.2, 0.25) is 5.02 Å². The maximum Gasteiger partial charge on any atom is 0.339 e. The van der Waals surface area contributed by atoms with Gasteiger partial charge in [0, 0.05) is 26.1 Å². The molecule has 5 nitrogen and oxygen atoms in total. The Balaban J connectivity index is 1.71. The summed E-state index contributed by atoms with van der Waals surface area (Å²) in [6, 6.07) is 13.9. The highest BCUT2D eigenvalue weighted by molar-refractivity contribution is 7.21. The van der Waals surface area contributed by atoms with Crippen molar-refractivity contribution in [3.05, 3.63) is 69.4 Å². The number of aromatic hydroxyl groups is 1. The number of carboxylic acids is 1. The highest BCUT2D eigenvalue weighted by atomic mass is 35.5. The third-order valence-electron chi connectivity index (χ3n) is 4.16. The average molecular weight is 430 g/mol. The van der Waals surface area contributed by atoms with Crippen LogP contribution in [0.5, 0.6) is 5.75 Å². The Morgan fingerprint density at radius 2 is 1.75 bits per heavy atom. The van der Waals surface area contributed by atoms with Crippen LogP contribution < -0.4 is 5.32 Å². The molecule has 2 heterocycles. The van der Waals surface area contributed by atoms with Crippen molar-refractivity contribution < 1.29 is 19.8 Å². The summed E-state index contributed by atoms with van der Waals surface area (Å²) in [5.41, 5.74) is 1.18. The molecule has 4 aromatic rings. The number of benzene rings is 2. The summed E-state index contributed by atoms with van der Waals surface area (Å²) < 4.78 is 0.775. The topological polar surface area (TPSA) is 86.6 Å². The molecule has 0 aliphatic rings. The molecule has 0 atom stereocenters. The van der Waals surface area contributed by atoms with E-state index in [1.807, 2.05) is 12.1 Å². The van der Waals surface area contributed by atoms with Gasteiger partial charge in [-0.2, -0.15) is 0 Å². The molecule has 0 unspecified atom stereocenters. The van der Waals surface area contributed by atoms with Crippen molar-refractivity contribution in [2.75, 3.05) is 5.32 Å². The van der Waals surface area contributed by atoms with Crippen LogP contribution in [0.25, 0.3) is 21.2 Å². The SMILES string of the molecule is O=C(Nc1scc(-c2ccc(Cl)cc2)c1C(=O)O)c1sc2ccccc2c1O. The summed E-state index contributed by atoms with van der Waals surface area (Å²) >= 11 is 8.17. The van der Waals surface area contributed by atoms with Gasteiger partial charge in [-0.15, -0.1) is 22.7 Å². The first-order chi connectivity index (χ1) is 13.5. The number of halogens is 1. The number of thiophene rings is 2. The van der Waals surface area contributed by atoms with Gasteiger partial charge in [0.1, 0.15) is 21.2 Å². The van der Waals surface area contributed by atoms with E-state index in [0.29, 0.717) is 21.5 Å². The number of hydrogen-bond donors (Lipinski definition) is 3. The predicted octanol–water partition coefficient (Wildman–Crippen LogP) is 5.94. The molecule has 0 radical (unpaired) electrons. The van der Waals surface area contributed by atoms with Gasteiger partial charge in [-0.1, -0.05) is 35.9 Å². The van der Waals surface area contributed by atoms with Crippen molar-refractivity contribution in [3.63, 3.8) is 0 Å². The molecule has 8 heteroatoms. The molecule has 0 aliphatic heterocycles. The number of fused-ring (bicyclic) bond motifs is 1. The van der Waals surface area contributed by atoms with Gasteiger partial charge in [0.05, 0.1) is 0 Å². The zero-order valence-electron chi connectivity index (χ0n) is 14.1. The van der Waals surface area contributed by atoms with E-state index >= 15 is 0 Å². The lowest BCUT2D eigenvalue weighted by Crippen LogP contribution is -2.12. The van der Waals surface area contributed by atoms with Crippen molar-refractivity contribution in [3.8, 4) is 16.9 Å². The number of carbonyl (C=O) groups is 2. The van der Waals surface area contributed by atoms with Crippen molar-refractivity contribution in [1.29, 1.82) is 0 Å². The van der Waals surface area contributed by atoms with Gasteiger partial charge in [0.2, 0.25) is 0 Å². The van der Waals surface area contributed by atoms with Gasteiger partial charge in [-0.3, -0.25) is 4.79 Å². The highest BCUT2D eigenvalue weighted by Gasteiger charge is 2.24. The summed E-state index contributed by atoms with van der Waals surface area (Å²) in [7, 11) is 0. The summed E-state index contributed by atoms with van der Waals surface area (Å²) in [5, 5.41) is 25.7. The zero-order valence-corrected chi connectivity index (χ0v) is 16.5. The van der Waals surface area contributed by atoms with Crippen molar-refractivity contribution in [2.45, 2.75) is 0 Å². The van der Waals surface area contributed by atoms with E-state index in [0.717, 1.165) is 27.4 Å². The van der Waals surface area contributed by atoms with Crippen molar-refractivity contribution in [2.24, 2.45) is 0 Å². The number of hydrogen-bond acceptors (Lipinski definition) is 5. The molecule has 2 aromatic carbocycles. The Labute approximate surface area is 172 Å². The molecular formula is C20H12ClNO4S2. The quantitative estimate of drug-likeness (QED) is 0.374. The molecule has 0 spiro atoms. The second-order valence-corrected chi connectivity index (χ2v) is 8.26.